The fraction of sp³-hybridized carbons (Fsp3) is 0.500. The second-order valence-corrected chi connectivity index (χ2v) is 4.58. The van der Waals surface area contributed by atoms with Crippen molar-refractivity contribution in [2.45, 2.75) is 19.1 Å². The van der Waals surface area contributed by atoms with Gasteiger partial charge in [0.2, 0.25) is 5.88 Å². The van der Waals surface area contributed by atoms with Crippen LogP contribution in [0.25, 0.3) is 0 Å². The molecule has 1 saturated heterocycles. The van der Waals surface area contributed by atoms with Crippen LogP contribution in [0.1, 0.15) is 6.42 Å². The van der Waals surface area contributed by atoms with Crippen molar-refractivity contribution in [1.29, 1.82) is 0 Å². The first-order valence-corrected chi connectivity index (χ1v) is 5.90. The number of pyridine rings is 1. The third-order valence-corrected chi connectivity index (χ3v) is 3.09. The molecule has 1 fully saturated rings. The highest BCUT2D eigenvalue weighted by Gasteiger charge is 2.22. The summed E-state index contributed by atoms with van der Waals surface area (Å²) in [5.41, 5.74) is 0. The smallest absolute Gasteiger partial charge is 0.388 e. The Kier molecular flexibility index (Phi) is 3.78. The molecule has 1 aliphatic rings. The van der Waals surface area contributed by atoms with Crippen LogP contribution in [0.3, 0.4) is 0 Å². The fourth-order valence-corrected chi connectivity index (χ4v) is 2.02. The molecule has 2 heterocycles. The van der Waals surface area contributed by atoms with E-state index in [9.17, 15) is 13.9 Å². The number of aromatic nitrogens is 1. The van der Waals surface area contributed by atoms with Crippen LogP contribution in [0.5, 0.6) is 5.88 Å². The van der Waals surface area contributed by atoms with Gasteiger partial charge in [-0.1, -0.05) is 0 Å². The van der Waals surface area contributed by atoms with Gasteiger partial charge in [-0.3, -0.25) is 0 Å². The minimum atomic E-state index is -2.90. The van der Waals surface area contributed by atoms with E-state index in [1.165, 1.54) is 0 Å². The van der Waals surface area contributed by atoms with Gasteiger partial charge in [-0.2, -0.15) is 13.8 Å². The van der Waals surface area contributed by atoms with Gasteiger partial charge in [0.1, 0.15) is 5.82 Å². The van der Waals surface area contributed by atoms with E-state index in [2.05, 4.69) is 25.7 Å². The maximum absolute atomic E-state index is 12.1. The van der Waals surface area contributed by atoms with Gasteiger partial charge in [0.05, 0.1) is 10.6 Å². The number of alkyl halides is 2. The maximum atomic E-state index is 12.1. The lowest BCUT2D eigenvalue weighted by molar-refractivity contribution is -0.0533. The second kappa shape index (κ2) is 5.14. The molecule has 0 amide bonds. The second-order valence-electron chi connectivity index (χ2n) is 3.72. The van der Waals surface area contributed by atoms with E-state index >= 15 is 0 Å². The molecule has 1 atom stereocenters. The highest BCUT2D eigenvalue weighted by atomic mass is 79.9. The monoisotopic (exact) mass is 308 g/mol. The van der Waals surface area contributed by atoms with Crippen LogP contribution in [0, 0.1) is 0 Å². The number of anilines is 1. The van der Waals surface area contributed by atoms with E-state index in [0.29, 0.717) is 29.8 Å². The largest absolute Gasteiger partial charge is 0.416 e. The first kappa shape index (κ1) is 12.5. The Bertz CT molecular complexity index is 406. The Morgan fingerprint density at radius 3 is 2.88 bits per heavy atom. The Balaban J connectivity index is 2.18. The van der Waals surface area contributed by atoms with Gasteiger partial charge in [0.25, 0.3) is 0 Å². The number of aliphatic hydroxyl groups is 1. The molecule has 94 valence electrons. The molecular formula is C10H11BrF2N2O2. The molecular weight excluding hydrogens is 298 g/mol. The van der Waals surface area contributed by atoms with Crippen LogP contribution < -0.4 is 9.64 Å². The number of aliphatic hydroxyl groups excluding tert-OH is 1. The highest BCUT2D eigenvalue weighted by molar-refractivity contribution is 9.10. The molecule has 2 rings (SSSR count). The molecule has 17 heavy (non-hydrogen) atoms. The zero-order valence-electron chi connectivity index (χ0n) is 8.81. The summed E-state index contributed by atoms with van der Waals surface area (Å²) in [5.74, 6) is 0.388. The van der Waals surface area contributed by atoms with Gasteiger partial charge in [-0.15, -0.1) is 0 Å². The molecule has 0 aliphatic carbocycles. The van der Waals surface area contributed by atoms with Crippen LogP contribution >= 0.6 is 15.9 Å². The van der Waals surface area contributed by atoms with Gasteiger partial charge >= 0.3 is 6.61 Å². The van der Waals surface area contributed by atoms with Gasteiger partial charge in [0.15, 0.2) is 0 Å². The zero-order chi connectivity index (χ0) is 12.4. The summed E-state index contributed by atoms with van der Waals surface area (Å²) < 4.78 is 28.9. The Morgan fingerprint density at radius 1 is 1.53 bits per heavy atom. The van der Waals surface area contributed by atoms with Gasteiger partial charge < -0.3 is 14.7 Å². The average molecular weight is 309 g/mol. The van der Waals surface area contributed by atoms with Crippen LogP contribution in [-0.4, -0.2) is 35.9 Å². The molecule has 0 aromatic carbocycles. The van der Waals surface area contributed by atoms with E-state index in [4.69, 9.17) is 0 Å². The molecule has 7 heteroatoms. The van der Waals surface area contributed by atoms with Crippen molar-refractivity contribution < 1.29 is 18.6 Å². The molecule has 0 saturated carbocycles. The molecule has 4 nitrogen and oxygen atoms in total. The third kappa shape index (κ3) is 3.04. The zero-order valence-corrected chi connectivity index (χ0v) is 10.4. The third-order valence-electron chi connectivity index (χ3n) is 2.49. The molecule has 0 bridgehead atoms. The van der Waals surface area contributed by atoms with E-state index in [1.54, 1.807) is 12.1 Å². The summed E-state index contributed by atoms with van der Waals surface area (Å²) in [7, 11) is 0. The lowest BCUT2D eigenvalue weighted by atomic mass is 10.3. The quantitative estimate of drug-likeness (QED) is 0.928. The lowest BCUT2D eigenvalue weighted by Crippen LogP contribution is -2.22. The number of hydrogen-bond donors (Lipinski definition) is 1. The van der Waals surface area contributed by atoms with Crippen LogP contribution in [0.2, 0.25) is 0 Å². The standard InChI is InChI=1S/C10H11BrF2N2O2/c11-7-1-2-8(14-9(7)17-10(12)13)15-4-3-6(16)5-15/h1-2,6,10,16H,3-5H2/t6-/m1/s1. The van der Waals surface area contributed by atoms with Crippen molar-refractivity contribution in [3.8, 4) is 5.88 Å². The number of β-amino-alcohol motifs (C(OH)–C–C–N with tert-alkyl or cyclic N) is 1. The number of hydrogen-bond acceptors (Lipinski definition) is 4. The number of nitrogens with zero attached hydrogens (tertiary/aromatic N) is 2. The van der Waals surface area contributed by atoms with Crippen LogP contribution in [0.15, 0.2) is 16.6 Å². The molecule has 1 aromatic rings. The minimum Gasteiger partial charge on any atom is -0.416 e. The van der Waals surface area contributed by atoms with Crippen molar-refractivity contribution in [2.24, 2.45) is 0 Å². The molecule has 0 unspecified atom stereocenters. The fourth-order valence-electron chi connectivity index (χ4n) is 1.71. The van der Waals surface area contributed by atoms with E-state index in [1.807, 2.05) is 4.90 Å². The van der Waals surface area contributed by atoms with Crippen molar-refractivity contribution in [3.05, 3.63) is 16.6 Å². The first-order chi connectivity index (χ1) is 8.06. The van der Waals surface area contributed by atoms with Gasteiger partial charge in [-0.05, 0) is 34.5 Å². The molecule has 0 spiro atoms. The Hall–Kier alpha value is -0.950. The van der Waals surface area contributed by atoms with Crippen molar-refractivity contribution in [3.63, 3.8) is 0 Å². The van der Waals surface area contributed by atoms with Crippen molar-refractivity contribution in [1.82, 2.24) is 4.98 Å². The summed E-state index contributed by atoms with van der Waals surface area (Å²) in [6.07, 6.45) is 0.267. The summed E-state index contributed by atoms with van der Waals surface area (Å²) in [4.78, 5) is 5.82. The van der Waals surface area contributed by atoms with Crippen LogP contribution in [0.4, 0.5) is 14.6 Å². The summed E-state index contributed by atoms with van der Waals surface area (Å²) in [6.45, 7) is -1.79. The first-order valence-electron chi connectivity index (χ1n) is 5.10. The summed E-state index contributed by atoms with van der Waals surface area (Å²) >= 11 is 3.09. The van der Waals surface area contributed by atoms with Crippen molar-refractivity contribution >= 4 is 21.7 Å². The number of ether oxygens (including phenoxy) is 1. The summed E-state index contributed by atoms with van der Waals surface area (Å²) in [6, 6.07) is 3.30. The topological polar surface area (TPSA) is 45.6 Å². The number of rotatable bonds is 3. The maximum Gasteiger partial charge on any atom is 0.388 e. The minimum absolute atomic E-state index is 0.140. The van der Waals surface area contributed by atoms with E-state index in [-0.39, 0.29) is 12.0 Å². The summed E-state index contributed by atoms with van der Waals surface area (Å²) in [5, 5.41) is 9.40. The predicted molar refractivity (Wildman–Crippen MR) is 61.4 cm³/mol. The molecule has 1 aromatic heterocycles. The van der Waals surface area contributed by atoms with Gasteiger partial charge in [-0.25, -0.2) is 0 Å². The van der Waals surface area contributed by atoms with Crippen molar-refractivity contribution in [2.75, 3.05) is 18.0 Å². The SMILES string of the molecule is O[C@@H]1CCN(c2ccc(Br)c(OC(F)F)n2)C1. The van der Waals surface area contributed by atoms with E-state index < -0.39 is 6.61 Å². The predicted octanol–water partition coefficient (Wildman–Crippen LogP) is 2.02. The molecule has 1 aliphatic heterocycles. The van der Waals surface area contributed by atoms with E-state index in [0.717, 1.165) is 0 Å². The number of halogens is 3. The van der Waals surface area contributed by atoms with Crippen LogP contribution in [-0.2, 0) is 0 Å². The Morgan fingerprint density at radius 2 is 2.29 bits per heavy atom. The lowest BCUT2D eigenvalue weighted by Gasteiger charge is -2.17. The normalized spacial score (nSPS) is 20.1. The average Bonchev–Trinajstić information content (AvgIpc) is 2.67. The van der Waals surface area contributed by atoms with Gasteiger partial charge in [0, 0.05) is 13.1 Å². The Labute approximate surface area is 105 Å². The molecule has 1 N–H and O–H groups in total. The highest BCUT2D eigenvalue weighted by Crippen LogP contribution is 2.28. The molecule has 0 radical (unpaired) electrons.